The molecule has 2 rings (SSSR count). The van der Waals surface area contributed by atoms with Crippen LogP contribution in [0, 0.1) is 5.41 Å². The molecule has 0 unspecified atom stereocenters. The zero-order chi connectivity index (χ0) is 23.1. The van der Waals surface area contributed by atoms with Gasteiger partial charge in [-0.05, 0) is 56.4 Å². The van der Waals surface area contributed by atoms with Crippen LogP contribution in [-0.2, 0) is 11.3 Å². The highest BCUT2D eigenvalue weighted by molar-refractivity contribution is 5.79. The first-order valence-corrected chi connectivity index (χ1v) is 12.7. The molecule has 6 heteroatoms. The van der Waals surface area contributed by atoms with Crippen molar-refractivity contribution in [2.45, 2.75) is 71.9 Å². The molecular weight excluding hydrogens is 400 g/mol. The topological polar surface area (TPSA) is 69.1 Å². The van der Waals surface area contributed by atoms with Crippen molar-refractivity contribution in [3.8, 4) is 0 Å². The number of rotatable bonds is 14. The molecule has 1 fully saturated rings. The molecular formula is C26H46N4O2. The van der Waals surface area contributed by atoms with Crippen molar-refractivity contribution in [3.63, 3.8) is 0 Å². The second-order valence-electron chi connectivity index (χ2n) is 8.99. The van der Waals surface area contributed by atoms with Gasteiger partial charge >= 0.3 is 0 Å². The van der Waals surface area contributed by atoms with Gasteiger partial charge in [0.05, 0.1) is 6.10 Å². The molecule has 1 heterocycles. The lowest BCUT2D eigenvalue weighted by atomic mass is 9.79. The predicted molar refractivity (Wildman–Crippen MR) is 134 cm³/mol. The van der Waals surface area contributed by atoms with Gasteiger partial charge in [-0.25, -0.2) is 0 Å². The molecule has 0 spiro atoms. The lowest BCUT2D eigenvalue weighted by Gasteiger charge is -2.32. The summed E-state index contributed by atoms with van der Waals surface area (Å²) in [6, 6.07) is 10.7. The molecule has 0 radical (unpaired) electrons. The SMILES string of the molecule is CCNC(=NCC(CC)(CC)CCO)NCCCOC1CCN(Cc2ccccc2)CC1. The highest BCUT2D eigenvalue weighted by Crippen LogP contribution is 2.30. The van der Waals surface area contributed by atoms with Crippen LogP contribution in [0.15, 0.2) is 35.3 Å². The van der Waals surface area contributed by atoms with Crippen molar-refractivity contribution in [1.82, 2.24) is 15.5 Å². The van der Waals surface area contributed by atoms with E-state index >= 15 is 0 Å². The fourth-order valence-corrected chi connectivity index (χ4v) is 4.34. The summed E-state index contributed by atoms with van der Waals surface area (Å²) >= 11 is 0. The summed E-state index contributed by atoms with van der Waals surface area (Å²) in [5.41, 5.74) is 1.48. The Morgan fingerprint density at radius 3 is 2.47 bits per heavy atom. The first kappa shape index (κ1) is 26.6. The molecule has 0 atom stereocenters. The second kappa shape index (κ2) is 15.3. The Morgan fingerprint density at radius 2 is 1.84 bits per heavy atom. The van der Waals surface area contributed by atoms with Gasteiger partial charge in [0.25, 0.3) is 0 Å². The zero-order valence-electron chi connectivity index (χ0n) is 20.6. The van der Waals surface area contributed by atoms with Crippen LogP contribution in [-0.4, -0.2) is 68.0 Å². The smallest absolute Gasteiger partial charge is 0.191 e. The predicted octanol–water partition coefficient (Wildman–Crippen LogP) is 3.80. The number of nitrogens with zero attached hydrogens (tertiary/aromatic N) is 2. The average Bonchev–Trinajstić information content (AvgIpc) is 2.83. The molecule has 1 aliphatic heterocycles. The normalized spacial score (nSPS) is 16.3. The molecule has 0 amide bonds. The number of aliphatic imine (C=N–C) groups is 1. The van der Waals surface area contributed by atoms with E-state index in [-0.39, 0.29) is 12.0 Å². The summed E-state index contributed by atoms with van der Waals surface area (Å²) < 4.78 is 6.15. The van der Waals surface area contributed by atoms with Crippen LogP contribution in [0.3, 0.4) is 0 Å². The minimum Gasteiger partial charge on any atom is -0.396 e. The molecule has 1 aromatic carbocycles. The quantitative estimate of drug-likeness (QED) is 0.230. The Hall–Kier alpha value is -1.63. The van der Waals surface area contributed by atoms with E-state index < -0.39 is 0 Å². The van der Waals surface area contributed by atoms with Gasteiger partial charge in [-0.2, -0.15) is 0 Å². The van der Waals surface area contributed by atoms with Crippen molar-refractivity contribution in [3.05, 3.63) is 35.9 Å². The third-order valence-corrected chi connectivity index (χ3v) is 6.81. The molecule has 0 saturated carbocycles. The van der Waals surface area contributed by atoms with Gasteiger partial charge in [0.2, 0.25) is 0 Å². The minimum absolute atomic E-state index is 0.0928. The number of ether oxygens (including phenoxy) is 1. The molecule has 0 aromatic heterocycles. The summed E-state index contributed by atoms with van der Waals surface area (Å²) in [5.74, 6) is 0.867. The number of hydrogen-bond donors (Lipinski definition) is 3. The molecule has 1 aromatic rings. The van der Waals surface area contributed by atoms with Crippen molar-refractivity contribution < 1.29 is 9.84 Å². The minimum atomic E-state index is 0.0928. The van der Waals surface area contributed by atoms with E-state index in [9.17, 15) is 5.11 Å². The zero-order valence-corrected chi connectivity index (χ0v) is 20.6. The maximum absolute atomic E-state index is 9.43. The van der Waals surface area contributed by atoms with E-state index in [2.05, 4.69) is 66.6 Å². The third kappa shape index (κ3) is 9.47. The van der Waals surface area contributed by atoms with Crippen LogP contribution >= 0.6 is 0 Å². The van der Waals surface area contributed by atoms with Crippen molar-refractivity contribution in [1.29, 1.82) is 0 Å². The maximum Gasteiger partial charge on any atom is 0.191 e. The van der Waals surface area contributed by atoms with Gasteiger partial charge in [0, 0.05) is 52.5 Å². The number of benzene rings is 1. The highest BCUT2D eigenvalue weighted by Gasteiger charge is 2.25. The number of guanidine groups is 1. The van der Waals surface area contributed by atoms with Crippen LogP contribution in [0.4, 0.5) is 0 Å². The van der Waals surface area contributed by atoms with Gasteiger partial charge in [-0.3, -0.25) is 9.89 Å². The Balaban J connectivity index is 1.64. The summed E-state index contributed by atoms with van der Waals surface area (Å²) in [6.45, 7) is 13.2. The molecule has 0 bridgehead atoms. The number of nitrogens with one attached hydrogen (secondary N) is 2. The first-order chi connectivity index (χ1) is 15.6. The molecule has 6 nitrogen and oxygen atoms in total. The number of aliphatic hydroxyl groups is 1. The van der Waals surface area contributed by atoms with Gasteiger partial charge in [-0.1, -0.05) is 44.2 Å². The fraction of sp³-hybridized carbons (Fsp3) is 0.731. The average molecular weight is 447 g/mol. The van der Waals surface area contributed by atoms with Crippen LogP contribution in [0.1, 0.15) is 64.9 Å². The largest absolute Gasteiger partial charge is 0.396 e. The number of piperidine rings is 1. The summed E-state index contributed by atoms with van der Waals surface area (Å²) in [6.07, 6.45) is 6.46. The molecule has 0 aliphatic carbocycles. The van der Waals surface area contributed by atoms with Crippen LogP contribution < -0.4 is 10.6 Å². The van der Waals surface area contributed by atoms with E-state index in [1.807, 2.05) is 0 Å². The van der Waals surface area contributed by atoms with Crippen LogP contribution in [0.5, 0.6) is 0 Å². The fourth-order valence-electron chi connectivity index (χ4n) is 4.34. The van der Waals surface area contributed by atoms with E-state index in [0.717, 1.165) is 90.4 Å². The standard InChI is InChI=1S/C26H46N4O2/c1-4-26(5-2,15-19-31)22-29-25(27-6-3)28-16-10-20-32-24-13-17-30(18-14-24)21-23-11-8-7-9-12-23/h7-9,11-12,24,31H,4-6,10,13-22H2,1-3H3,(H2,27,28,29). The van der Waals surface area contributed by atoms with E-state index in [0.29, 0.717) is 6.10 Å². The molecule has 1 aliphatic rings. The monoisotopic (exact) mass is 446 g/mol. The van der Waals surface area contributed by atoms with Crippen LogP contribution in [0.2, 0.25) is 0 Å². The maximum atomic E-state index is 9.43. The van der Waals surface area contributed by atoms with E-state index in [1.165, 1.54) is 5.56 Å². The Bertz CT molecular complexity index is 626. The molecule has 182 valence electrons. The highest BCUT2D eigenvalue weighted by atomic mass is 16.5. The van der Waals surface area contributed by atoms with Gasteiger partial charge in [-0.15, -0.1) is 0 Å². The van der Waals surface area contributed by atoms with Crippen molar-refractivity contribution in [2.24, 2.45) is 10.4 Å². The first-order valence-electron chi connectivity index (χ1n) is 12.7. The van der Waals surface area contributed by atoms with Gasteiger partial charge in [0.15, 0.2) is 5.96 Å². The lowest BCUT2D eigenvalue weighted by molar-refractivity contribution is 0.00534. The molecule has 3 N–H and O–H groups in total. The Kier molecular flexibility index (Phi) is 12.7. The van der Waals surface area contributed by atoms with Crippen molar-refractivity contribution in [2.75, 3.05) is 45.9 Å². The molecule has 32 heavy (non-hydrogen) atoms. The van der Waals surface area contributed by atoms with E-state index in [4.69, 9.17) is 9.73 Å². The van der Waals surface area contributed by atoms with Gasteiger partial charge in [0.1, 0.15) is 0 Å². The summed E-state index contributed by atoms with van der Waals surface area (Å²) in [7, 11) is 0. The summed E-state index contributed by atoms with van der Waals surface area (Å²) in [4.78, 5) is 7.34. The van der Waals surface area contributed by atoms with E-state index in [1.54, 1.807) is 0 Å². The number of likely N-dealkylation sites (tertiary alicyclic amines) is 1. The Labute approximate surface area is 195 Å². The van der Waals surface area contributed by atoms with Crippen molar-refractivity contribution >= 4 is 5.96 Å². The second-order valence-corrected chi connectivity index (χ2v) is 8.99. The third-order valence-electron chi connectivity index (χ3n) is 6.81. The van der Waals surface area contributed by atoms with Gasteiger partial charge < -0.3 is 20.5 Å². The van der Waals surface area contributed by atoms with Crippen LogP contribution in [0.25, 0.3) is 0 Å². The number of aliphatic hydroxyl groups excluding tert-OH is 1. The number of hydrogen-bond acceptors (Lipinski definition) is 4. The Morgan fingerprint density at radius 1 is 1.12 bits per heavy atom. The molecule has 1 saturated heterocycles. The summed E-state index contributed by atoms with van der Waals surface area (Å²) in [5, 5.41) is 16.2. The lowest BCUT2D eigenvalue weighted by Crippen LogP contribution is -2.39.